The molecule has 2 unspecified atom stereocenters. The van der Waals surface area contributed by atoms with Crippen LogP contribution in [-0.4, -0.2) is 48.6 Å². The third kappa shape index (κ3) is 4.21. The Kier molecular flexibility index (Phi) is 6.09. The van der Waals surface area contributed by atoms with Gasteiger partial charge in [-0.1, -0.05) is 43.3 Å². The summed E-state index contributed by atoms with van der Waals surface area (Å²) in [5, 5.41) is 0. The fourth-order valence-corrected chi connectivity index (χ4v) is 4.20. The summed E-state index contributed by atoms with van der Waals surface area (Å²) in [5.74, 6) is 0.0201. The summed E-state index contributed by atoms with van der Waals surface area (Å²) < 4.78 is 11.6. The summed E-state index contributed by atoms with van der Waals surface area (Å²) in [6, 6.07) is 16.6. The molecule has 1 fully saturated rings. The van der Waals surface area contributed by atoms with Crippen molar-refractivity contribution in [2.75, 3.05) is 24.6 Å². The molecule has 31 heavy (non-hydrogen) atoms. The lowest BCUT2D eigenvalue weighted by Crippen LogP contribution is -2.47. The second-order valence-electron chi connectivity index (χ2n) is 8.04. The van der Waals surface area contributed by atoms with Crippen molar-refractivity contribution in [1.82, 2.24) is 4.90 Å². The van der Waals surface area contributed by atoms with Gasteiger partial charge in [-0.3, -0.25) is 9.59 Å². The highest BCUT2D eigenvalue weighted by molar-refractivity contribution is 6.45. The van der Waals surface area contributed by atoms with Gasteiger partial charge in [-0.2, -0.15) is 0 Å². The van der Waals surface area contributed by atoms with E-state index in [0.717, 1.165) is 12.0 Å². The van der Waals surface area contributed by atoms with Gasteiger partial charge in [0, 0.05) is 19.2 Å². The fraction of sp³-hybridized carbons (Fsp3) is 0.360. The minimum atomic E-state index is -0.314. The van der Waals surface area contributed by atoms with Crippen molar-refractivity contribution in [3.05, 3.63) is 65.9 Å². The largest absolute Gasteiger partial charge is 0.494 e. The minimum Gasteiger partial charge on any atom is -0.494 e. The maximum absolute atomic E-state index is 13.7. The SMILES string of the molecule is CCCOc1cccc(N2C(=O)C(c3ccccc3)=C(N3CC(C)OC(C)C3)C2=O)c1. The summed E-state index contributed by atoms with van der Waals surface area (Å²) in [5.41, 5.74) is 2.13. The van der Waals surface area contributed by atoms with Crippen molar-refractivity contribution in [2.24, 2.45) is 0 Å². The lowest BCUT2D eigenvalue weighted by atomic mass is 10.0. The molecule has 2 aromatic carbocycles. The predicted molar refractivity (Wildman–Crippen MR) is 120 cm³/mol. The van der Waals surface area contributed by atoms with E-state index in [-0.39, 0.29) is 24.0 Å². The Hall–Kier alpha value is -3.12. The van der Waals surface area contributed by atoms with Crippen LogP contribution in [0, 0.1) is 0 Å². The zero-order chi connectivity index (χ0) is 22.0. The molecule has 2 aliphatic heterocycles. The van der Waals surface area contributed by atoms with E-state index < -0.39 is 0 Å². The van der Waals surface area contributed by atoms with Crippen LogP contribution >= 0.6 is 0 Å². The number of amides is 2. The number of nitrogens with zero attached hydrogens (tertiary/aromatic N) is 2. The van der Waals surface area contributed by atoms with Crippen LogP contribution in [0.4, 0.5) is 5.69 Å². The molecule has 2 heterocycles. The molecule has 4 rings (SSSR count). The maximum Gasteiger partial charge on any atom is 0.282 e. The van der Waals surface area contributed by atoms with E-state index in [0.29, 0.717) is 42.4 Å². The average molecular weight is 421 g/mol. The zero-order valence-electron chi connectivity index (χ0n) is 18.2. The Labute approximate surface area is 183 Å². The Morgan fingerprint density at radius 3 is 2.35 bits per heavy atom. The van der Waals surface area contributed by atoms with Crippen molar-refractivity contribution in [3.8, 4) is 5.75 Å². The summed E-state index contributed by atoms with van der Waals surface area (Å²) >= 11 is 0. The molecule has 6 nitrogen and oxygen atoms in total. The molecular weight excluding hydrogens is 392 g/mol. The van der Waals surface area contributed by atoms with Crippen LogP contribution in [0.5, 0.6) is 5.75 Å². The highest BCUT2D eigenvalue weighted by Gasteiger charge is 2.43. The molecule has 0 aromatic heterocycles. The van der Waals surface area contributed by atoms with Gasteiger partial charge in [0.2, 0.25) is 0 Å². The first-order valence-electron chi connectivity index (χ1n) is 10.8. The summed E-state index contributed by atoms with van der Waals surface area (Å²) in [7, 11) is 0. The van der Waals surface area contributed by atoms with Gasteiger partial charge in [0.25, 0.3) is 11.8 Å². The van der Waals surface area contributed by atoms with E-state index in [1.807, 2.05) is 62.1 Å². The third-order valence-electron chi connectivity index (χ3n) is 5.41. The first kappa shape index (κ1) is 21.1. The quantitative estimate of drug-likeness (QED) is 0.664. The fourth-order valence-electron chi connectivity index (χ4n) is 4.20. The second-order valence-corrected chi connectivity index (χ2v) is 8.04. The number of carbonyl (C=O) groups is 2. The monoisotopic (exact) mass is 420 g/mol. The summed E-state index contributed by atoms with van der Waals surface area (Å²) in [6.45, 7) is 7.70. The number of ether oxygens (including phenoxy) is 2. The molecule has 0 saturated carbocycles. The summed E-state index contributed by atoms with van der Waals surface area (Å²) in [6.07, 6.45) is 0.815. The van der Waals surface area contributed by atoms with Gasteiger partial charge in [-0.15, -0.1) is 0 Å². The molecule has 0 N–H and O–H groups in total. The van der Waals surface area contributed by atoms with Crippen LogP contribution in [0.15, 0.2) is 60.3 Å². The summed E-state index contributed by atoms with van der Waals surface area (Å²) in [4.78, 5) is 30.5. The Bertz CT molecular complexity index is 992. The Morgan fingerprint density at radius 1 is 0.968 bits per heavy atom. The van der Waals surface area contributed by atoms with Crippen LogP contribution in [0.25, 0.3) is 5.57 Å². The van der Waals surface area contributed by atoms with E-state index >= 15 is 0 Å². The zero-order valence-corrected chi connectivity index (χ0v) is 18.2. The highest BCUT2D eigenvalue weighted by Crippen LogP contribution is 2.36. The van der Waals surface area contributed by atoms with Gasteiger partial charge in [-0.25, -0.2) is 4.90 Å². The van der Waals surface area contributed by atoms with Crippen molar-refractivity contribution >= 4 is 23.1 Å². The number of anilines is 1. The van der Waals surface area contributed by atoms with Gasteiger partial charge in [-0.05, 0) is 38.0 Å². The first-order chi connectivity index (χ1) is 15.0. The smallest absolute Gasteiger partial charge is 0.282 e. The maximum atomic E-state index is 13.7. The van der Waals surface area contributed by atoms with Crippen molar-refractivity contribution in [2.45, 2.75) is 39.4 Å². The van der Waals surface area contributed by atoms with E-state index in [9.17, 15) is 9.59 Å². The van der Waals surface area contributed by atoms with Gasteiger partial charge in [0.1, 0.15) is 11.4 Å². The molecular formula is C25H28N2O4. The molecule has 2 aliphatic rings. The molecule has 0 bridgehead atoms. The lowest BCUT2D eigenvalue weighted by Gasteiger charge is -2.37. The number of morpholine rings is 1. The molecule has 2 amide bonds. The van der Waals surface area contributed by atoms with E-state index in [1.165, 1.54) is 4.90 Å². The van der Waals surface area contributed by atoms with Gasteiger partial charge in [0.05, 0.1) is 30.1 Å². The van der Waals surface area contributed by atoms with Crippen LogP contribution in [0.3, 0.4) is 0 Å². The Morgan fingerprint density at radius 2 is 1.68 bits per heavy atom. The Balaban J connectivity index is 1.76. The molecule has 0 radical (unpaired) electrons. The number of benzene rings is 2. The third-order valence-corrected chi connectivity index (χ3v) is 5.41. The molecule has 162 valence electrons. The van der Waals surface area contributed by atoms with Gasteiger partial charge < -0.3 is 14.4 Å². The van der Waals surface area contributed by atoms with E-state index in [4.69, 9.17) is 9.47 Å². The number of hydrogen-bond donors (Lipinski definition) is 0. The van der Waals surface area contributed by atoms with Crippen molar-refractivity contribution in [3.63, 3.8) is 0 Å². The topological polar surface area (TPSA) is 59.1 Å². The van der Waals surface area contributed by atoms with Gasteiger partial charge >= 0.3 is 0 Å². The van der Waals surface area contributed by atoms with Crippen LogP contribution < -0.4 is 9.64 Å². The standard InChI is InChI=1S/C25H28N2O4/c1-4-13-30-21-12-8-11-20(14-21)27-24(28)22(19-9-6-5-7-10-19)23(25(27)29)26-15-17(2)31-18(3)16-26/h5-12,14,17-18H,4,13,15-16H2,1-3H3. The second kappa shape index (κ2) is 8.94. The average Bonchev–Trinajstić information content (AvgIpc) is 3.02. The molecule has 2 atom stereocenters. The minimum absolute atomic E-state index is 0.0315. The van der Waals surface area contributed by atoms with E-state index in [1.54, 1.807) is 18.2 Å². The normalized spacial score (nSPS) is 21.8. The molecule has 6 heteroatoms. The van der Waals surface area contributed by atoms with Crippen molar-refractivity contribution in [1.29, 1.82) is 0 Å². The molecule has 0 spiro atoms. The lowest BCUT2D eigenvalue weighted by molar-refractivity contribution is -0.121. The first-order valence-corrected chi connectivity index (χ1v) is 10.8. The van der Waals surface area contributed by atoms with E-state index in [2.05, 4.69) is 0 Å². The molecule has 1 saturated heterocycles. The van der Waals surface area contributed by atoms with Crippen molar-refractivity contribution < 1.29 is 19.1 Å². The number of imide groups is 1. The van der Waals surface area contributed by atoms with Crippen LogP contribution in [0.2, 0.25) is 0 Å². The number of carbonyl (C=O) groups excluding carboxylic acids is 2. The number of rotatable bonds is 6. The molecule has 0 aliphatic carbocycles. The number of hydrogen-bond acceptors (Lipinski definition) is 5. The van der Waals surface area contributed by atoms with Gasteiger partial charge in [0.15, 0.2) is 0 Å². The molecule has 2 aromatic rings. The predicted octanol–water partition coefficient (Wildman–Crippen LogP) is 3.87. The van der Waals surface area contributed by atoms with Crippen LogP contribution in [0.1, 0.15) is 32.8 Å². The highest BCUT2D eigenvalue weighted by atomic mass is 16.5. The van der Waals surface area contributed by atoms with Crippen LogP contribution in [-0.2, 0) is 14.3 Å².